The van der Waals surface area contributed by atoms with E-state index in [1.165, 1.54) is 37.3 Å². The first-order chi connectivity index (χ1) is 9.21. The van der Waals surface area contributed by atoms with Crippen LogP contribution in [0, 0.1) is 5.82 Å². The Labute approximate surface area is 113 Å². The Hall–Kier alpha value is -1.88. The minimum absolute atomic E-state index is 0.0536. The Morgan fingerprint density at radius 1 is 0.850 bits per heavy atom. The van der Waals surface area contributed by atoms with E-state index < -0.39 is 23.2 Å². The Morgan fingerprint density at radius 3 is 1.90 bits per heavy atom. The second-order valence-electron chi connectivity index (χ2n) is 4.66. The molecule has 0 aromatic heterocycles. The molecule has 0 bridgehead atoms. The van der Waals surface area contributed by atoms with Gasteiger partial charge in [-0.05, 0) is 42.3 Å². The molecule has 0 heterocycles. The molecule has 1 N–H and O–H groups in total. The highest BCUT2D eigenvalue weighted by atomic mass is 19.4. The lowest BCUT2D eigenvalue weighted by molar-refractivity contribution is -0.137. The smallest absolute Gasteiger partial charge is 0.381 e. The van der Waals surface area contributed by atoms with Gasteiger partial charge in [0.25, 0.3) is 0 Å². The second kappa shape index (κ2) is 4.90. The molecule has 2 aromatic carbocycles. The molecular weight excluding hydrogens is 272 g/mol. The lowest BCUT2D eigenvalue weighted by atomic mass is 9.87. The van der Waals surface area contributed by atoms with Crippen molar-refractivity contribution in [3.63, 3.8) is 0 Å². The van der Waals surface area contributed by atoms with Crippen molar-refractivity contribution in [1.82, 2.24) is 0 Å². The van der Waals surface area contributed by atoms with Gasteiger partial charge >= 0.3 is 6.18 Å². The molecule has 2 aromatic rings. The Morgan fingerprint density at radius 2 is 1.35 bits per heavy atom. The summed E-state index contributed by atoms with van der Waals surface area (Å²) in [6.45, 7) is 1.33. The molecule has 1 nitrogen and oxygen atoms in total. The SMILES string of the molecule is CC(O)(c1cccc(F)c1)c1cccc(C(F)(F)F)c1. The molecule has 0 radical (unpaired) electrons. The monoisotopic (exact) mass is 284 g/mol. The molecule has 20 heavy (non-hydrogen) atoms. The highest BCUT2D eigenvalue weighted by molar-refractivity contribution is 5.38. The van der Waals surface area contributed by atoms with Crippen LogP contribution in [0.5, 0.6) is 0 Å². The van der Waals surface area contributed by atoms with Crippen LogP contribution in [-0.2, 0) is 11.8 Å². The van der Waals surface area contributed by atoms with Crippen molar-refractivity contribution in [2.75, 3.05) is 0 Å². The van der Waals surface area contributed by atoms with E-state index >= 15 is 0 Å². The summed E-state index contributed by atoms with van der Waals surface area (Å²) in [6.07, 6.45) is -4.49. The van der Waals surface area contributed by atoms with Crippen LogP contribution in [0.25, 0.3) is 0 Å². The van der Waals surface area contributed by atoms with E-state index in [1.54, 1.807) is 0 Å². The molecule has 0 saturated heterocycles. The van der Waals surface area contributed by atoms with E-state index in [0.29, 0.717) is 0 Å². The average Bonchev–Trinajstić information content (AvgIpc) is 2.38. The minimum Gasteiger partial charge on any atom is -0.381 e. The predicted octanol–water partition coefficient (Wildman–Crippen LogP) is 4.10. The molecule has 0 fully saturated rings. The van der Waals surface area contributed by atoms with Crippen LogP contribution >= 0.6 is 0 Å². The number of aliphatic hydroxyl groups is 1. The van der Waals surface area contributed by atoms with Gasteiger partial charge in [-0.1, -0.05) is 24.3 Å². The third kappa shape index (κ3) is 2.82. The van der Waals surface area contributed by atoms with Gasteiger partial charge in [-0.2, -0.15) is 13.2 Å². The minimum atomic E-state index is -4.49. The first-order valence-corrected chi connectivity index (χ1v) is 5.87. The van der Waals surface area contributed by atoms with Crippen LogP contribution in [0.15, 0.2) is 48.5 Å². The summed E-state index contributed by atoms with van der Waals surface area (Å²) in [6, 6.07) is 9.53. The second-order valence-corrected chi connectivity index (χ2v) is 4.66. The van der Waals surface area contributed by atoms with Crippen LogP contribution < -0.4 is 0 Å². The van der Waals surface area contributed by atoms with Crippen molar-refractivity contribution in [2.24, 2.45) is 0 Å². The number of rotatable bonds is 2. The molecule has 5 heteroatoms. The Kier molecular flexibility index (Phi) is 3.56. The van der Waals surface area contributed by atoms with E-state index in [-0.39, 0.29) is 11.1 Å². The maximum Gasteiger partial charge on any atom is 0.416 e. The summed E-state index contributed by atoms with van der Waals surface area (Å²) in [5, 5.41) is 10.4. The topological polar surface area (TPSA) is 20.2 Å². The summed E-state index contributed by atoms with van der Waals surface area (Å²) in [5.74, 6) is -0.560. The summed E-state index contributed by atoms with van der Waals surface area (Å²) in [4.78, 5) is 0. The molecule has 0 amide bonds. The first-order valence-electron chi connectivity index (χ1n) is 5.87. The van der Waals surface area contributed by atoms with Crippen molar-refractivity contribution in [3.8, 4) is 0 Å². The van der Waals surface area contributed by atoms with Crippen LogP contribution in [0.4, 0.5) is 17.6 Å². The maximum absolute atomic E-state index is 13.2. The first kappa shape index (κ1) is 14.5. The van der Waals surface area contributed by atoms with E-state index in [2.05, 4.69) is 0 Å². The number of hydrogen-bond donors (Lipinski definition) is 1. The van der Waals surface area contributed by atoms with Gasteiger partial charge in [0.1, 0.15) is 11.4 Å². The van der Waals surface area contributed by atoms with Crippen molar-refractivity contribution in [3.05, 3.63) is 71.0 Å². The average molecular weight is 284 g/mol. The number of alkyl halides is 3. The van der Waals surface area contributed by atoms with Gasteiger partial charge in [0, 0.05) is 0 Å². The molecule has 0 aliphatic carbocycles. The van der Waals surface area contributed by atoms with Crippen LogP contribution in [0.1, 0.15) is 23.6 Å². The Bertz CT molecular complexity index is 617. The van der Waals surface area contributed by atoms with Gasteiger partial charge in [0.15, 0.2) is 0 Å². The van der Waals surface area contributed by atoms with Gasteiger partial charge < -0.3 is 5.11 Å². The maximum atomic E-state index is 13.2. The summed E-state index contributed by atoms with van der Waals surface area (Å²) < 4.78 is 51.2. The fourth-order valence-electron chi connectivity index (χ4n) is 1.96. The summed E-state index contributed by atoms with van der Waals surface area (Å²) >= 11 is 0. The summed E-state index contributed by atoms with van der Waals surface area (Å²) in [7, 11) is 0. The normalized spacial score (nSPS) is 14.9. The highest BCUT2D eigenvalue weighted by Crippen LogP contribution is 2.34. The molecule has 1 unspecified atom stereocenters. The zero-order valence-electron chi connectivity index (χ0n) is 10.6. The lowest BCUT2D eigenvalue weighted by Gasteiger charge is -2.25. The standard InChI is InChI=1S/C15H12F4O/c1-14(20,11-5-3-7-13(16)9-11)10-4-2-6-12(8-10)15(17,18)19/h2-9,20H,1H3. The van der Waals surface area contributed by atoms with Crippen LogP contribution in [-0.4, -0.2) is 5.11 Å². The number of hydrogen-bond acceptors (Lipinski definition) is 1. The van der Waals surface area contributed by atoms with Crippen LogP contribution in [0.3, 0.4) is 0 Å². The lowest BCUT2D eigenvalue weighted by Crippen LogP contribution is -2.23. The van der Waals surface area contributed by atoms with E-state index in [1.807, 2.05) is 0 Å². The number of benzene rings is 2. The largest absolute Gasteiger partial charge is 0.416 e. The molecular formula is C15H12F4O. The van der Waals surface area contributed by atoms with Gasteiger partial charge in [-0.3, -0.25) is 0 Å². The van der Waals surface area contributed by atoms with Gasteiger partial charge in [0.05, 0.1) is 5.56 Å². The molecule has 0 saturated carbocycles. The zero-order valence-corrected chi connectivity index (χ0v) is 10.6. The van der Waals surface area contributed by atoms with Crippen molar-refractivity contribution in [1.29, 1.82) is 0 Å². The third-order valence-electron chi connectivity index (χ3n) is 3.14. The van der Waals surface area contributed by atoms with Gasteiger partial charge in [-0.25, -0.2) is 4.39 Å². The zero-order chi connectivity index (χ0) is 15.0. The quantitative estimate of drug-likeness (QED) is 0.823. The van der Waals surface area contributed by atoms with E-state index in [4.69, 9.17) is 0 Å². The van der Waals surface area contributed by atoms with Gasteiger partial charge in [0.2, 0.25) is 0 Å². The van der Waals surface area contributed by atoms with Crippen molar-refractivity contribution < 1.29 is 22.7 Å². The summed E-state index contributed by atoms with van der Waals surface area (Å²) in [5.41, 5.74) is -2.31. The molecule has 0 aliphatic heterocycles. The molecule has 106 valence electrons. The molecule has 0 aliphatic rings. The molecule has 2 rings (SSSR count). The molecule has 1 atom stereocenters. The van der Waals surface area contributed by atoms with E-state index in [0.717, 1.165) is 18.2 Å². The van der Waals surface area contributed by atoms with Gasteiger partial charge in [-0.15, -0.1) is 0 Å². The Balaban J connectivity index is 2.49. The van der Waals surface area contributed by atoms with Crippen LogP contribution in [0.2, 0.25) is 0 Å². The highest BCUT2D eigenvalue weighted by Gasteiger charge is 2.33. The number of halogens is 4. The fourth-order valence-corrected chi connectivity index (χ4v) is 1.96. The van der Waals surface area contributed by atoms with E-state index in [9.17, 15) is 22.7 Å². The van der Waals surface area contributed by atoms with Crippen molar-refractivity contribution >= 4 is 0 Å². The molecule has 0 spiro atoms. The predicted molar refractivity (Wildman–Crippen MR) is 66.5 cm³/mol. The van der Waals surface area contributed by atoms with Crippen molar-refractivity contribution in [2.45, 2.75) is 18.7 Å². The third-order valence-corrected chi connectivity index (χ3v) is 3.14. The fraction of sp³-hybridized carbons (Fsp3) is 0.200.